The molecule has 0 bridgehead atoms. The molecular formula is C16H12Cl2F3NOS. The van der Waals surface area contributed by atoms with Crippen molar-refractivity contribution in [2.45, 2.75) is 17.5 Å². The highest BCUT2D eigenvalue weighted by Crippen LogP contribution is 2.32. The van der Waals surface area contributed by atoms with Crippen molar-refractivity contribution in [3.05, 3.63) is 58.1 Å². The summed E-state index contributed by atoms with van der Waals surface area (Å²) < 4.78 is 37.1. The van der Waals surface area contributed by atoms with Crippen LogP contribution in [0.15, 0.2) is 47.4 Å². The maximum Gasteiger partial charge on any atom is 0.398 e. The molecule has 1 amide bonds. The fourth-order valence-electron chi connectivity index (χ4n) is 1.89. The molecule has 0 atom stereocenters. The van der Waals surface area contributed by atoms with Crippen LogP contribution in [0, 0.1) is 0 Å². The van der Waals surface area contributed by atoms with Gasteiger partial charge in [-0.05, 0) is 29.8 Å². The zero-order valence-electron chi connectivity index (χ0n) is 12.2. The molecular weight excluding hydrogens is 382 g/mol. The van der Waals surface area contributed by atoms with Crippen molar-refractivity contribution >= 4 is 46.6 Å². The second kappa shape index (κ2) is 8.14. The molecule has 0 heterocycles. The van der Waals surface area contributed by atoms with E-state index in [1.807, 2.05) is 0 Å². The van der Waals surface area contributed by atoms with Gasteiger partial charge in [0.25, 0.3) is 0 Å². The summed E-state index contributed by atoms with van der Waals surface area (Å²) in [7, 11) is 0. The number of rotatable bonds is 5. The van der Waals surface area contributed by atoms with Crippen LogP contribution < -0.4 is 5.32 Å². The number of hydrogen-bond acceptors (Lipinski definition) is 2. The van der Waals surface area contributed by atoms with Gasteiger partial charge in [-0.3, -0.25) is 4.79 Å². The van der Waals surface area contributed by atoms with Crippen LogP contribution >= 0.6 is 35.0 Å². The predicted molar refractivity (Wildman–Crippen MR) is 92.0 cm³/mol. The molecule has 1 N–H and O–H groups in total. The van der Waals surface area contributed by atoms with E-state index in [9.17, 15) is 18.0 Å². The van der Waals surface area contributed by atoms with Gasteiger partial charge in [-0.25, -0.2) is 0 Å². The van der Waals surface area contributed by atoms with Crippen molar-refractivity contribution in [2.24, 2.45) is 0 Å². The van der Waals surface area contributed by atoms with Crippen LogP contribution in [0.2, 0.25) is 10.0 Å². The molecule has 0 aliphatic rings. The molecule has 0 aliphatic heterocycles. The lowest BCUT2D eigenvalue weighted by Crippen LogP contribution is -2.16. The number of anilines is 1. The van der Waals surface area contributed by atoms with Crippen LogP contribution in [0.1, 0.15) is 5.56 Å². The Labute approximate surface area is 151 Å². The molecule has 0 aromatic heterocycles. The van der Waals surface area contributed by atoms with Crippen LogP contribution in [-0.4, -0.2) is 17.8 Å². The third kappa shape index (κ3) is 5.92. The van der Waals surface area contributed by atoms with Gasteiger partial charge in [0.05, 0.1) is 17.9 Å². The molecule has 2 nitrogen and oxygen atoms in total. The lowest BCUT2D eigenvalue weighted by atomic mass is 10.1. The molecule has 0 fully saturated rings. The number of benzene rings is 2. The summed E-state index contributed by atoms with van der Waals surface area (Å²) in [5, 5.41) is 3.43. The van der Waals surface area contributed by atoms with Gasteiger partial charge < -0.3 is 5.32 Å². The highest BCUT2D eigenvalue weighted by Gasteiger charge is 2.27. The van der Waals surface area contributed by atoms with E-state index >= 15 is 0 Å². The molecule has 24 heavy (non-hydrogen) atoms. The average molecular weight is 394 g/mol. The van der Waals surface area contributed by atoms with E-state index in [0.29, 0.717) is 38.0 Å². The van der Waals surface area contributed by atoms with Crippen LogP contribution in [0.25, 0.3) is 0 Å². The molecule has 2 aromatic rings. The monoisotopic (exact) mass is 393 g/mol. The predicted octanol–water partition coefficient (Wildman–Crippen LogP) is 5.83. The van der Waals surface area contributed by atoms with E-state index in [4.69, 9.17) is 23.2 Å². The van der Waals surface area contributed by atoms with Crippen LogP contribution in [0.5, 0.6) is 0 Å². The lowest BCUT2D eigenvalue weighted by Gasteiger charge is -2.12. The Balaban J connectivity index is 2.06. The largest absolute Gasteiger partial charge is 0.398 e. The smallest absolute Gasteiger partial charge is 0.325 e. The normalized spacial score (nSPS) is 11.4. The molecule has 0 spiro atoms. The van der Waals surface area contributed by atoms with E-state index in [-0.39, 0.29) is 12.3 Å². The highest BCUT2D eigenvalue weighted by atomic mass is 35.5. The van der Waals surface area contributed by atoms with Crippen molar-refractivity contribution in [1.29, 1.82) is 0 Å². The third-order valence-corrected chi connectivity index (χ3v) is 4.64. The number of para-hydroxylation sites is 1. The minimum atomic E-state index is -4.28. The van der Waals surface area contributed by atoms with Crippen molar-refractivity contribution in [3.63, 3.8) is 0 Å². The zero-order chi connectivity index (χ0) is 17.7. The Bertz CT molecular complexity index is 738. The number of nitrogens with one attached hydrogen (secondary N) is 1. The van der Waals surface area contributed by atoms with E-state index in [2.05, 4.69) is 5.32 Å². The first-order chi connectivity index (χ1) is 11.2. The van der Waals surface area contributed by atoms with Gasteiger partial charge in [0, 0.05) is 14.9 Å². The Kier molecular flexibility index (Phi) is 6.43. The number of amides is 1. The number of hydrogen-bond donors (Lipinski definition) is 1. The van der Waals surface area contributed by atoms with Crippen LogP contribution in [0.4, 0.5) is 18.9 Å². The Morgan fingerprint density at radius 1 is 1.12 bits per heavy atom. The van der Waals surface area contributed by atoms with E-state index in [1.165, 1.54) is 12.1 Å². The first kappa shape index (κ1) is 19.0. The summed E-state index contributed by atoms with van der Waals surface area (Å²) in [5.41, 5.74) is 0.917. The Hall–Kier alpha value is -1.37. The Morgan fingerprint density at radius 3 is 2.50 bits per heavy atom. The standard InChI is InChI=1S/C16H12Cl2F3NOS/c17-11-6-5-10(12(18)8-11)7-15(23)22-13-3-1-2-4-14(13)24-9-16(19,20)21/h1-6,8H,7,9H2,(H,22,23). The number of carbonyl (C=O) groups is 1. The molecule has 0 radical (unpaired) electrons. The maximum absolute atomic E-state index is 12.4. The van der Waals surface area contributed by atoms with Crippen molar-refractivity contribution < 1.29 is 18.0 Å². The first-order valence-electron chi connectivity index (χ1n) is 6.77. The summed E-state index contributed by atoms with van der Waals surface area (Å²) in [5.74, 6) is -1.40. The zero-order valence-corrected chi connectivity index (χ0v) is 14.5. The lowest BCUT2D eigenvalue weighted by molar-refractivity contribution is -0.115. The molecule has 2 rings (SSSR count). The molecule has 0 aliphatic carbocycles. The number of alkyl halides is 3. The second-order valence-corrected chi connectivity index (χ2v) is 6.72. The molecule has 0 saturated heterocycles. The summed E-state index contributed by atoms with van der Waals surface area (Å²) in [4.78, 5) is 12.5. The van der Waals surface area contributed by atoms with E-state index in [1.54, 1.807) is 30.3 Å². The van der Waals surface area contributed by atoms with Crippen LogP contribution in [-0.2, 0) is 11.2 Å². The number of carbonyl (C=O) groups excluding carboxylic acids is 1. The molecule has 0 saturated carbocycles. The van der Waals surface area contributed by atoms with Gasteiger partial charge in [-0.15, -0.1) is 11.8 Å². The first-order valence-corrected chi connectivity index (χ1v) is 8.51. The highest BCUT2D eigenvalue weighted by molar-refractivity contribution is 7.99. The SMILES string of the molecule is O=C(Cc1ccc(Cl)cc1Cl)Nc1ccccc1SCC(F)(F)F. The fraction of sp³-hybridized carbons (Fsp3) is 0.188. The van der Waals surface area contributed by atoms with Gasteiger partial charge in [0.1, 0.15) is 0 Å². The second-order valence-electron chi connectivity index (χ2n) is 4.86. The van der Waals surface area contributed by atoms with E-state index < -0.39 is 11.9 Å². The van der Waals surface area contributed by atoms with Gasteiger partial charge in [0.15, 0.2) is 0 Å². The minimum Gasteiger partial charge on any atom is -0.325 e. The maximum atomic E-state index is 12.4. The Morgan fingerprint density at radius 2 is 1.83 bits per heavy atom. The van der Waals surface area contributed by atoms with E-state index in [0.717, 1.165) is 0 Å². The van der Waals surface area contributed by atoms with Crippen molar-refractivity contribution in [3.8, 4) is 0 Å². The summed E-state index contributed by atoms with van der Waals surface area (Å²) >= 11 is 12.4. The summed E-state index contributed by atoms with van der Waals surface area (Å²) in [6.07, 6.45) is -4.28. The third-order valence-electron chi connectivity index (χ3n) is 2.92. The fourth-order valence-corrected chi connectivity index (χ4v) is 3.13. The number of halogens is 5. The average Bonchev–Trinajstić information content (AvgIpc) is 2.48. The van der Waals surface area contributed by atoms with Gasteiger partial charge in [-0.2, -0.15) is 13.2 Å². The van der Waals surface area contributed by atoms with Crippen molar-refractivity contribution in [2.75, 3.05) is 11.1 Å². The minimum absolute atomic E-state index is 0.00568. The summed E-state index contributed by atoms with van der Waals surface area (Å²) in [6.45, 7) is 0. The van der Waals surface area contributed by atoms with Gasteiger partial charge in [-0.1, -0.05) is 41.4 Å². The van der Waals surface area contributed by atoms with Gasteiger partial charge >= 0.3 is 6.18 Å². The van der Waals surface area contributed by atoms with Gasteiger partial charge in [0.2, 0.25) is 5.91 Å². The van der Waals surface area contributed by atoms with Crippen LogP contribution in [0.3, 0.4) is 0 Å². The van der Waals surface area contributed by atoms with Crippen molar-refractivity contribution in [1.82, 2.24) is 0 Å². The molecule has 8 heteroatoms. The number of thioether (sulfide) groups is 1. The quantitative estimate of drug-likeness (QED) is 0.647. The molecule has 128 valence electrons. The topological polar surface area (TPSA) is 29.1 Å². The molecule has 0 unspecified atom stereocenters. The molecule has 2 aromatic carbocycles. The summed E-state index contributed by atoms with van der Waals surface area (Å²) in [6, 6.07) is 11.1.